The second-order valence-electron chi connectivity index (χ2n) is 7.42. The van der Waals surface area contributed by atoms with Crippen molar-refractivity contribution in [3.63, 3.8) is 0 Å². The van der Waals surface area contributed by atoms with Gasteiger partial charge in [-0.2, -0.15) is 9.90 Å². The fraction of sp³-hybridized carbons (Fsp3) is 0.350. The molecule has 3 heterocycles. The second-order valence-corrected chi connectivity index (χ2v) is 7.42. The lowest BCUT2D eigenvalue weighted by molar-refractivity contribution is -0.145. The zero-order valence-corrected chi connectivity index (χ0v) is 15.1. The van der Waals surface area contributed by atoms with E-state index in [2.05, 4.69) is 10.2 Å². The third kappa shape index (κ3) is 2.56. The van der Waals surface area contributed by atoms with Crippen molar-refractivity contribution in [3.8, 4) is 5.69 Å². The number of nitrogens with zero attached hydrogens (tertiary/aromatic N) is 5. The average molecular weight is 377 g/mol. The topological polar surface area (TPSA) is 88.4 Å². The van der Waals surface area contributed by atoms with E-state index in [9.17, 15) is 14.4 Å². The molecule has 8 heteroatoms. The van der Waals surface area contributed by atoms with Gasteiger partial charge in [-0.15, -0.1) is 5.10 Å². The first-order valence-electron chi connectivity index (χ1n) is 9.42. The lowest BCUT2D eigenvalue weighted by Crippen LogP contribution is -2.62. The molecule has 28 heavy (non-hydrogen) atoms. The molecule has 1 aliphatic carbocycles. The largest absolute Gasteiger partial charge is 0.333 e. The van der Waals surface area contributed by atoms with Crippen molar-refractivity contribution in [2.24, 2.45) is 11.8 Å². The number of benzene rings is 1. The highest BCUT2D eigenvalue weighted by Gasteiger charge is 2.52. The van der Waals surface area contributed by atoms with Gasteiger partial charge in [0.25, 0.3) is 5.91 Å². The van der Waals surface area contributed by atoms with Gasteiger partial charge in [0.15, 0.2) is 5.69 Å². The predicted molar refractivity (Wildman–Crippen MR) is 98.3 cm³/mol. The van der Waals surface area contributed by atoms with E-state index < -0.39 is 0 Å². The molecule has 2 unspecified atom stereocenters. The maximum atomic E-state index is 12.7. The van der Waals surface area contributed by atoms with Gasteiger partial charge in [-0.25, -0.2) is 0 Å². The summed E-state index contributed by atoms with van der Waals surface area (Å²) in [6.07, 6.45) is 6.65. The number of rotatable bonds is 3. The van der Waals surface area contributed by atoms with E-state index in [4.69, 9.17) is 0 Å². The van der Waals surface area contributed by atoms with Crippen LogP contribution >= 0.6 is 0 Å². The maximum Gasteiger partial charge on any atom is 0.276 e. The Morgan fingerprint density at radius 1 is 0.964 bits per heavy atom. The van der Waals surface area contributed by atoms with Crippen LogP contribution in [0.3, 0.4) is 0 Å². The maximum absolute atomic E-state index is 12.7. The number of allylic oxidation sites excluding steroid dienone is 2. The van der Waals surface area contributed by atoms with Crippen LogP contribution in [0.4, 0.5) is 0 Å². The van der Waals surface area contributed by atoms with Gasteiger partial charge in [0.05, 0.1) is 29.8 Å². The van der Waals surface area contributed by atoms with Gasteiger partial charge in [-0.3, -0.25) is 19.3 Å². The lowest BCUT2D eigenvalue weighted by Gasteiger charge is -2.42. The van der Waals surface area contributed by atoms with Crippen LogP contribution in [0.5, 0.6) is 0 Å². The van der Waals surface area contributed by atoms with Crippen LogP contribution in [-0.2, 0) is 9.59 Å². The molecular weight excluding hydrogens is 358 g/mol. The zero-order valence-electron chi connectivity index (χ0n) is 15.1. The van der Waals surface area contributed by atoms with Gasteiger partial charge in [-0.05, 0) is 25.0 Å². The first-order valence-corrected chi connectivity index (χ1v) is 9.42. The summed E-state index contributed by atoms with van der Waals surface area (Å²) in [7, 11) is 0. The Hall–Kier alpha value is -3.29. The molecule has 2 atom stereocenters. The third-order valence-corrected chi connectivity index (χ3v) is 5.75. The average Bonchev–Trinajstić information content (AvgIpc) is 3.28. The Bertz CT molecular complexity index is 951. The summed E-state index contributed by atoms with van der Waals surface area (Å²) in [5.41, 5.74) is 1.02. The van der Waals surface area contributed by atoms with Crippen LogP contribution in [0, 0.1) is 11.8 Å². The number of carbonyl (C=O) groups is 3. The predicted octanol–water partition coefficient (Wildman–Crippen LogP) is 1.04. The van der Waals surface area contributed by atoms with Crippen LogP contribution in [-0.4, -0.2) is 61.6 Å². The summed E-state index contributed by atoms with van der Waals surface area (Å²) < 4.78 is 0. The van der Waals surface area contributed by atoms with Crippen LogP contribution < -0.4 is 0 Å². The van der Waals surface area contributed by atoms with Gasteiger partial charge in [0.2, 0.25) is 11.8 Å². The summed E-state index contributed by atoms with van der Waals surface area (Å²) in [5.74, 6) is -0.879. The molecule has 2 aliphatic heterocycles. The molecule has 0 saturated carbocycles. The molecule has 0 spiro atoms. The molecule has 2 fully saturated rings. The number of hydrogen-bond acceptors (Lipinski definition) is 5. The highest BCUT2D eigenvalue weighted by molar-refractivity contribution is 6.06. The summed E-state index contributed by atoms with van der Waals surface area (Å²) >= 11 is 0. The Morgan fingerprint density at radius 2 is 1.61 bits per heavy atom. The fourth-order valence-electron chi connectivity index (χ4n) is 4.18. The van der Waals surface area contributed by atoms with Gasteiger partial charge in [0.1, 0.15) is 0 Å². The highest BCUT2D eigenvalue weighted by Crippen LogP contribution is 2.37. The molecule has 1 aromatic heterocycles. The summed E-state index contributed by atoms with van der Waals surface area (Å²) in [6, 6.07) is 9.11. The molecule has 0 bridgehead atoms. The molecule has 3 aliphatic rings. The molecule has 3 amide bonds. The normalized spacial score (nSPS) is 24.4. The zero-order chi connectivity index (χ0) is 19.3. The molecule has 0 N–H and O–H groups in total. The Balaban J connectivity index is 1.25. The molecule has 1 aromatic carbocycles. The molecule has 142 valence electrons. The van der Waals surface area contributed by atoms with E-state index in [0.717, 1.165) is 5.69 Å². The van der Waals surface area contributed by atoms with Crippen molar-refractivity contribution < 1.29 is 14.4 Å². The van der Waals surface area contributed by atoms with E-state index in [1.165, 1.54) is 15.9 Å². The van der Waals surface area contributed by atoms with E-state index in [1.807, 2.05) is 42.5 Å². The van der Waals surface area contributed by atoms with E-state index in [-0.39, 0.29) is 41.3 Å². The molecule has 8 nitrogen and oxygen atoms in total. The number of likely N-dealkylation sites (tertiary alicyclic amines) is 2. The van der Waals surface area contributed by atoms with Crippen LogP contribution in [0.15, 0.2) is 48.7 Å². The summed E-state index contributed by atoms with van der Waals surface area (Å²) in [5, 5.41) is 8.40. The number of imide groups is 1. The molecular formula is C20H19N5O3. The van der Waals surface area contributed by atoms with Crippen LogP contribution in [0.1, 0.15) is 23.3 Å². The second kappa shape index (κ2) is 6.40. The number of aromatic nitrogens is 3. The highest BCUT2D eigenvalue weighted by atomic mass is 16.2. The monoisotopic (exact) mass is 377 g/mol. The smallest absolute Gasteiger partial charge is 0.276 e. The number of amides is 3. The fourth-order valence-corrected chi connectivity index (χ4v) is 4.18. The molecule has 2 aromatic rings. The SMILES string of the molecule is O=C(c1cnn(-c2ccccc2)n1)N1CC(N2C(=O)C3CC=CCC3C2=O)C1. The summed E-state index contributed by atoms with van der Waals surface area (Å²) in [4.78, 5) is 42.3. The van der Waals surface area contributed by atoms with Crippen molar-refractivity contribution in [3.05, 3.63) is 54.4 Å². The van der Waals surface area contributed by atoms with E-state index in [1.54, 1.807) is 4.90 Å². The van der Waals surface area contributed by atoms with E-state index in [0.29, 0.717) is 25.9 Å². The Morgan fingerprint density at radius 3 is 2.25 bits per heavy atom. The third-order valence-electron chi connectivity index (χ3n) is 5.75. The first-order chi connectivity index (χ1) is 13.6. The Labute approximate surface area is 161 Å². The van der Waals surface area contributed by atoms with Crippen molar-refractivity contribution in [1.82, 2.24) is 24.8 Å². The van der Waals surface area contributed by atoms with Crippen molar-refractivity contribution in [2.75, 3.05) is 13.1 Å². The van der Waals surface area contributed by atoms with Crippen molar-refractivity contribution in [1.29, 1.82) is 0 Å². The number of para-hydroxylation sites is 1. The van der Waals surface area contributed by atoms with Crippen LogP contribution in [0.2, 0.25) is 0 Å². The molecule has 2 saturated heterocycles. The quantitative estimate of drug-likeness (QED) is 0.589. The van der Waals surface area contributed by atoms with Gasteiger partial charge in [-0.1, -0.05) is 30.4 Å². The van der Waals surface area contributed by atoms with E-state index >= 15 is 0 Å². The minimum atomic E-state index is -0.239. The Kier molecular flexibility index (Phi) is 3.85. The summed E-state index contributed by atoms with van der Waals surface area (Å²) in [6.45, 7) is 0.697. The minimum absolute atomic E-state index is 0.0912. The van der Waals surface area contributed by atoms with Gasteiger partial charge >= 0.3 is 0 Å². The van der Waals surface area contributed by atoms with Crippen LogP contribution in [0.25, 0.3) is 5.69 Å². The standard InChI is InChI=1S/C20H19N5O3/c26-18-15-8-4-5-9-16(15)19(27)24(18)14-11-23(12-14)20(28)17-10-21-25(22-17)13-6-2-1-3-7-13/h1-7,10,14-16H,8-9,11-12H2. The number of hydrogen-bond donors (Lipinski definition) is 0. The van der Waals surface area contributed by atoms with Gasteiger partial charge in [0, 0.05) is 13.1 Å². The lowest BCUT2D eigenvalue weighted by atomic mass is 9.85. The molecule has 0 radical (unpaired) electrons. The number of fused-ring (bicyclic) bond motifs is 1. The van der Waals surface area contributed by atoms with Crippen molar-refractivity contribution in [2.45, 2.75) is 18.9 Å². The van der Waals surface area contributed by atoms with Gasteiger partial charge < -0.3 is 4.90 Å². The minimum Gasteiger partial charge on any atom is -0.333 e. The first kappa shape index (κ1) is 16.9. The van der Waals surface area contributed by atoms with Crippen molar-refractivity contribution >= 4 is 17.7 Å². The molecule has 5 rings (SSSR count). The number of carbonyl (C=O) groups excluding carboxylic acids is 3.